The van der Waals surface area contributed by atoms with Crippen LogP contribution in [0.5, 0.6) is 0 Å². The molecule has 1 saturated carbocycles. The highest BCUT2D eigenvalue weighted by Crippen LogP contribution is 2.28. The Hall–Kier alpha value is -2.12. The summed E-state index contributed by atoms with van der Waals surface area (Å²) >= 11 is 0. The van der Waals surface area contributed by atoms with Gasteiger partial charge in [0, 0.05) is 11.6 Å². The molecule has 0 spiro atoms. The maximum absolute atomic E-state index is 12.3. The van der Waals surface area contributed by atoms with Gasteiger partial charge in [-0.05, 0) is 43.2 Å². The van der Waals surface area contributed by atoms with Crippen LogP contribution in [-0.4, -0.2) is 14.3 Å². The second-order valence-electron chi connectivity index (χ2n) is 5.55. The molecule has 2 aromatic rings. The van der Waals surface area contributed by atoms with Crippen molar-refractivity contribution in [3.8, 4) is 0 Å². The summed E-state index contributed by atoms with van der Waals surface area (Å²) in [4.78, 5) is 12.1. The summed E-state index contributed by atoms with van der Waals surface area (Å²) < 4.78 is 32.2. The van der Waals surface area contributed by atoms with Gasteiger partial charge in [0.25, 0.3) is 0 Å². The molecular weight excluding hydrogens is 316 g/mol. The van der Waals surface area contributed by atoms with Gasteiger partial charge >= 0.3 is 0 Å². The van der Waals surface area contributed by atoms with Gasteiger partial charge in [-0.3, -0.25) is 4.79 Å². The zero-order chi connectivity index (χ0) is 16.3. The van der Waals surface area contributed by atoms with Gasteiger partial charge in [-0.2, -0.15) is 0 Å². The highest BCUT2D eigenvalue weighted by molar-refractivity contribution is 7.89. The second-order valence-corrected chi connectivity index (χ2v) is 7.32. The lowest BCUT2D eigenvalue weighted by atomic mass is 9.85. The zero-order valence-corrected chi connectivity index (χ0v) is 13.3. The van der Waals surface area contributed by atoms with Crippen molar-refractivity contribution in [1.82, 2.24) is 4.72 Å². The quantitative estimate of drug-likeness (QED) is 0.849. The van der Waals surface area contributed by atoms with E-state index in [0.717, 1.165) is 19.3 Å². The molecule has 0 atom stereocenters. The first-order valence-electron chi connectivity index (χ1n) is 7.47. The number of furan rings is 1. The fraction of sp³-hybridized carbons (Fsp3) is 0.312. The third kappa shape index (κ3) is 3.80. The molecule has 122 valence electrons. The molecule has 1 aromatic carbocycles. The highest BCUT2D eigenvalue weighted by atomic mass is 32.2. The van der Waals surface area contributed by atoms with Crippen molar-refractivity contribution >= 4 is 21.6 Å². The molecular formula is C16H18N2O4S. The number of amides is 1. The largest absolute Gasteiger partial charge is 0.468 e. The van der Waals surface area contributed by atoms with Crippen molar-refractivity contribution in [3.05, 3.63) is 48.4 Å². The van der Waals surface area contributed by atoms with E-state index in [9.17, 15) is 13.2 Å². The minimum absolute atomic E-state index is 0.0469. The number of rotatable bonds is 6. The van der Waals surface area contributed by atoms with Crippen molar-refractivity contribution in [1.29, 1.82) is 0 Å². The molecule has 1 heterocycles. The molecule has 1 aliphatic carbocycles. The molecule has 0 aliphatic heterocycles. The Labute approximate surface area is 134 Å². The second kappa shape index (κ2) is 6.55. The summed E-state index contributed by atoms with van der Waals surface area (Å²) in [5, 5.41) is 2.78. The molecule has 2 N–H and O–H groups in total. The van der Waals surface area contributed by atoms with E-state index < -0.39 is 10.0 Å². The van der Waals surface area contributed by atoms with Crippen molar-refractivity contribution in [2.24, 2.45) is 5.92 Å². The summed E-state index contributed by atoms with van der Waals surface area (Å²) in [6.45, 7) is 0.0774. The van der Waals surface area contributed by atoms with Gasteiger partial charge in [0.2, 0.25) is 15.9 Å². The van der Waals surface area contributed by atoms with E-state index in [2.05, 4.69) is 10.0 Å². The van der Waals surface area contributed by atoms with Gasteiger partial charge in [0.15, 0.2) is 0 Å². The number of carbonyl (C=O) groups is 1. The summed E-state index contributed by atoms with van der Waals surface area (Å²) in [6, 6.07) is 9.63. The van der Waals surface area contributed by atoms with E-state index in [4.69, 9.17) is 4.42 Å². The van der Waals surface area contributed by atoms with E-state index in [0.29, 0.717) is 11.4 Å². The number of hydrogen-bond donors (Lipinski definition) is 2. The maximum atomic E-state index is 12.3. The Kier molecular flexibility index (Phi) is 4.49. The monoisotopic (exact) mass is 334 g/mol. The number of benzene rings is 1. The molecule has 0 unspecified atom stereocenters. The van der Waals surface area contributed by atoms with Gasteiger partial charge in [-0.1, -0.05) is 12.5 Å². The predicted molar refractivity (Wildman–Crippen MR) is 85.1 cm³/mol. The number of hydrogen-bond acceptors (Lipinski definition) is 4. The van der Waals surface area contributed by atoms with Crippen LogP contribution in [0.2, 0.25) is 0 Å². The fourth-order valence-corrected chi connectivity index (χ4v) is 3.36. The fourth-order valence-electron chi connectivity index (χ4n) is 2.32. The van der Waals surface area contributed by atoms with E-state index >= 15 is 0 Å². The van der Waals surface area contributed by atoms with Crippen LogP contribution in [0.25, 0.3) is 0 Å². The Morgan fingerprint density at radius 1 is 1.22 bits per heavy atom. The van der Waals surface area contributed by atoms with Crippen molar-refractivity contribution in [2.45, 2.75) is 30.7 Å². The van der Waals surface area contributed by atoms with Crippen LogP contribution in [0.3, 0.4) is 0 Å². The van der Waals surface area contributed by atoms with Gasteiger partial charge in [-0.25, -0.2) is 13.1 Å². The number of nitrogens with one attached hydrogen (secondary N) is 2. The summed E-state index contributed by atoms with van der Waals surface area (Å²) in [6.07, 6.45) is 4.35. The molecule has 1 amide bonds. The number of sulfonamides is 1. The van der Waals surface area contributed by atoms with E-state index in [1.165, 1.54) is 18.4 Å². The average molecular weight is 334 g/mol. The van der Waals surface area contributed by atoms with Crippen LogP contribution in [0.1, 0.15) is 25.0 Å². The SMILES string of the molecule is O=C(Nc1cccc(S(=O)(=O)NCc2ccco2)c1)C1CCC1. The van der Waals surface area contributed by atoms with Crippen LogP contribution < -0.4 is 10.0 Å². The first-order valence-corrected chi connectivity index (χ1v) is 8.96. The first kappa shape index (κ1) is 15.8. The van der Waals surface area contributed by atoms with Crippen LogP contribution in [-0.2, 0) is 21.4 Å². The Bertz CT molecular complexity index is 780. The average Bonchev–Trinajstić information content (AvgIpc) is 2.97. The summed E-state index contributed by atoms with van der Waals surface area (Å²) in [5.41, 5.74) is 0.489. The highest BCUT2D eigenvalue weighted by Gasteiger charge is 2.25. The topological polar surface area (TPSA) is 88.4 Å². The molecule has 7 heteroatoms. The van der Waals surface area contributed by atoms with E-state index in [1.54, 1.807) is 24.3 Å². The molecule has 0 saturated heterocycles. The molecule has 3 rings (SSSR count). The lowest BCUT2D eigenvalue weighted by molar-refractivity contribution is -0.122. The molecule has 0 radical (unpaired) electrons. The Balaban J connectivity index is 1.68. The van der Waals surface area contributed by atoms with Gasteiger partial charge in [0.1, 0.15) is 5.76 Å². The van der Waals surface area contributed by atoms with Gasteiger partial charge < -0.3 is 9.73 Å². The van der Waals surface area contributed by atoms with Crippen molar-refractivity contribution in [2.75, 3.05) is 5.32 Å². The smallest absolute Gasteiger partial charge is 0.241 e. The third-order valence-electron chi connectivity index (χ3n) is 3.90. The zero-order valence-electron chi connectivity index (χ0n) is 12.5. The summed E-state index contributed by atoms with van der Waals surface area (Å²) in [7, 11) is -3.67. The van der Waals surface area contributed by atoms with E-state index in [1.807, 2.05) is 0 Å². The number of anilines is 1. The van der Waals surface area contributed by atoms with Crippen LogP contribution >= 0.6 is 0 Å². The molecule has 1 aromatic heterocycles. The lowest BCUT2D eigenvalue weighted by Crippen LogP contribution is -2.28. The lowest BCUT2D eigenvalue weighted by Gasteiger charge is -2.24. The number of carbonyl (C=O) groups excluding carboxylic acids is 1. The van der Waals surface area contributed by atoms with E-state index in [-0.39, 0.29) is 23.3 Å². The molecule has 0 bridgehead atoms. The normalized spacial score (nSPS) is 15.1. The first-order chi connectivity index (χ1) is 11.0. The standard InChI is InChI=1S/C16H18N2O4S/c19-16(12-4-1-5-12)18-13-6-2-8-15(10-13)23(20,21)17-11-14-7-3-9-22-14/h2-3,6-10,12,17H,1,4-5,11H2,(H,18,19). The van der Waals surface area contributed by atoms with Crippen LogP contribution in [0.15, 0.2) is 52.0 Å². The van der Waals surface area contributed by atoms with Crippen molar-refractivity contribution < 1.29 is 17.6 Å². The predicted octanol–water partition coefficient (Wildman–Crippen LogP) is 2.50. The Morgan fingerprint density at radius 3 is 2.70 bits per heavy atom. The van der Waals surface area contributed by atoms with Gasteiger partial charge in [0.05, 0.1) is 17.7 Å². The Morgan fingerprint density at radius 2 is 2.04 bits per heavy atom. The minimum Gasteiger partial charge on any atom is -0.468 e. The molecule has 6 nitrogen and oxygen atoms in total. The van der Waals surface area contributed by atoms with Gasteiger partial charge in [-0.15, -0.1) is 0 Å². The van der Waals surface area contributed by atoms with Crippen LogP contribution in [0.4, 0.5) is 5.69 Å². The van der Waals surface area contributed by atoms with Crippen LogP contribution in [0, 0.1) is 5.92 Å². The maximum Gasteiger partial charge on any atom is 0.241 e. The molecule has 1 fully saturated rings. The molecule has 1 aliphatic rings. The molecule has 23 heavy (non-hydrogen) atoms. The minimum atomic E-state index is -3.67. The van der Waals surface area contributed by atoms with Crippen molar-refractivity contribution in [3.63, 3.8) is 0 Å². The third-order valence-corrected chi connectivity index (χ3v) is 5.30. The summed E-state index contributed by atoms with van der Waals surface area (Å²) in [5.74, 6) is 0.532.